The molecule has 0 aliphatic carbocycles. The highest BCUT2D eigenvalue weighted by atomic mass is 16.5. The molecule has 0 saturated heterocycles. The lowest BCUT2D eigenvalue weighted by Gasteiger charge is -2.24. The number of rotatable bonds is 9. The van der Waals surface area contributed by atoms with Crippen LogP contribution in [0.4, 0.5) is 10.5 Å². The maximum atomic E-state index is 12.8. The first kappa shape index (κ1) is 18.9. The Bertz CT molecular complexity index is 669. The number of para-hydroxylation sites is 2. The lowest BCUT2D eigenvalue weighted by molar-refractivity contribution is 0.171. The minimum absolute atomic E-state index is 0.149. The molecule has 25 heavy (non-hydrogen) atoms. The van der Waals surface area contributed by atoms with Crippen LogP contribution in [0.2, 0.25) is 0 Å². The molecule has 2 amide bonds. The normalized spacial score (nSPS) is 10.5. The van der Waals surface area contributed by atoms with Crippen LogP contribution in [0, 0.1) is 0 Å². The van der Waals surface area contributed by atoms with Gasteiger partial charge in [-0.25, -0.2) is 4.79 Å². The number of methoxy groups -OCH3 is 1. The van der Waals surface area contributed by atoms with Crippen LogP contribution in [-0.4, -0.2) is 42.4 Å². The number of ether oxygens (including phenoxy) is 2. The van der Waals surface area contributed by atoms with Crippen LogP contribution in [0.15, 0.2) is 42.6 Å². The first-order valence-electron chi connectivity index (χ1n) is 8.52. The number of nitrogens with one attached hydrogen (secondary N) is 1. The standard InChI is InChI=1S/C19H27N3O3/c1-4-25-18-11-6-5-10-17(18)20-19(23)22(13-8-14-24-3)15-16-9-7-12-21(16)2/h5-7,9-12H,4,8,13-15H2,1-3H3,(H,20,23). The van der Waals surface area contributed by atoms with Crippen molar-refractivity contribution in [2.75, 3.05) is 32.2 Å². The van der Waals surface area contributed by atoms with Crippen LogP contribution in [-0.2, 0) is 18.3 Å². The van der Waals surface area contributed by atoms with E-state index in [9.17, 15) is 4.79 Å². The van der Waals surface area contributed by atoms with Crippen LogP contribution in [0.1, 0.15) is 19.0 Å². The molecule has 0 fully saturated rings. The van der Waals surface area contributed by atoms with Crippen molar-refractivity contribution >= 4 is 11.7 Å². The number of benzene rings is 1. The first-order chi connectivity index (χ1) is 12.2. The Labute approximate surface area is 149 Å². The largest absolute Gasteiger partial charge is 0.492 e. The second kappa shape index (κ2) is 9.74. The number of anilines is 1. The van der Waals surface area contributed by atoms with Crippen molar-refractivity contribution in [3.8, 4) is 5.75 Å². The Kier molecular flexibility index (Phi) is 7.35. The summed E-state index contributed by atoms with van der Waals surface area (Å²) in [6.07, 6.45) is 2.76. The highest BCUT2D eigenvalue weighted by Gasteiger charge is 2.16. The lowest BCUT2D eigenvalue weighted by atomic mass is 10.3. The van der Waals surface area contributed by atoms with E-state index in [1.54, 1.807) is 12.0 Å². The number of nitrogens with zero attached hydrogens (tertiary/aromatic N) is 2. The summed E-state index contributed by atoms with van der Waals surface area (Å²) in [5.74, 6) is 0.675. The molecule has 0 aliphatic heterocycles. The minimum atomic E-state index is -0.149. The molecule has 0 saturated carbocycles. The zero-order valence-electron chi connectivity index (χ0n) is 15.2. The second-order valence-corrected chi connectivity index (χ2v) is 5.74. The molecule has 2 rings (SSSR count). The Morgan fingerprint density at radius 2 is 2.04 bits per heavy atom. The van der Waals surface area contributed by atoms with Crippen LogP contribution in [0.3, 0.4) is 0 Å². The number of aromatic nitrogens is 1. The summed E-state index contributed by atoms with van der Waals surface area (Å²) < 4.78 is 12.7. The van der Waals surface area contributed by atoms with Gasteiger partial charge in [-0.2, -0.15) is 0 Å². The van der Waals surface area contributed by atoms with E-state index in [0.717, 1.165) is 12.1 Å². The summed E-state index contributed by atoms with van der Waals surface area (Å²) in [5.41, 5.74) is 1.75. The average molecular weight is 345 g/mol. The van der Waals surface area contributed by atoms with Gasteiger partial charge in [0.1, 0.15) is 5.75 Å². The third-order valence-electron chi connectivity index (χ3n) is 3.90. The van der Waals surface area contributed by atoms with Crippen molar-refractivity contribution in [1.82, 2.24) is 9.47 Å². The smallest absolute Gasteiger partial charge is 0.322 e. The Hall–Kier alpha value is -2.47. The topological polar surface area (TPSA) is 55.7 Å². The molecule has 1 N–H and O–H groups in total. The Morgan fingerprint density at radius 3 is 2.72 bits per heavy atom. The maximum Gasteiger partial charge on any atom is 0.322 e. The molecule has 0 radical (unpaired) electrons. The fourth-order valence-corrected chi connectivity index (χ4v) is 2.55. The van der Waals surface area contributed by atoms with Crippen molar-refractivity contribution in [2.24, 2.45) is 7.05 Å². The fraction of sp³-hybridized carbons (Fsp3) is 0.421. The zero-order chi connectivity index (χ0) is 18.1. The SMILES string of the molecule is CCOc1ccccc1NC(=O)N(CCCOC)Cc1cccn1C. The Balaban J connectivity index is 2.10. The van der Waals surface area contributed by atoms with Crippen molar-refractivity contribution in [2.45, 2.75) is 19.9 Å². The molecule has 0 aliphatic rings. The van der Waals surface area contributed by atoms with Crippen molar-refractivity contribution in [3.63, 3.8) is 0 Å². The van der Waals surface area contributed by atoms with E-state index >= 15 is 0 Å². The van der Waals surface area contributed by atoms with Crippen molar-refractivity contribution < 1.29 is 14.3 Å². The predicted molar refractivity (Wildman–Crippen MR) is 98.9 cm³/mol. The van der Waals surface area contributed by atoms with Gasteiger partial charge in [-0.1, -0.05) is 12.1 Å². The van der Waals surface area contributed by atoms with E-state index in [2.05, 4.69) is 5.32 Å². The van der Waals surface area contributed by atoms with Crippen LogP contribution in [0.25, 0.3) is 0 Å². The molecule has 1 aromatic carbocycles. The van der Waals surface area contributed by atoms with Gasteiger partial charge < -0.3 is 24.3 Å². The predicted octanol–water partition coefficient (Wildman–Crippen LogP) is 3.49. The fourth-order valence-electron chi connectivity index (χ4n) is 2.55. The molecule has 136 valence electrons. The van der Waals surface area contributed by atoms with Crippen LogP contribution < -0.4 is 10.1 Å². The lowest BCUT2D eigenvalue weighted by Crippen LogP contribution is -2.36. The molecule has 1 heterocycles. The third-order valence-corrected chi connectivity index (χ3v) is 3.90. The summed E-state index contributed by atoms with van der Waals surface area (Å²) in [5, 5.41) is 2.97. The molecular formula is C19H27N3O3. The highest BCUT2D eigenvalue weighted by Crippen LogP contribution is 2.24. The molecule has 0 bridgehead atoms. The van der Waals surface area contributed by atoms with Gasteiger partial charge in [-0.3, -0.25) is 0 Å². The van der Waals surface area contributed by atoms with E-state index in [0.29, 0.717) is 37.7 Å². The molecule has 6 heteroatoms. The molecule has 6 nitrogen and oxygen atoms in total. The molecule has 1 aromatic heterocycles. The Morgan fingerprint density at radius 1 is 1.24 bits per heavy atom. The quantitative estimate of drug-likeness (QED) is 0.708. The van der Waals surface area contributed by atoms with Gasteiger partial charge in [-0.05, 0) is 37.6 Å². The summed E-state index contributed by atoms with van der Waals surface area (Å²) in [4.78, 5) is 14.6. The van der Waals surface area contributed by atoms with E-state index in [4.69, 9.17) is 9.47 Å². The summed E-state index contributed by atoms with van der Waals surface area (Å²) in [6, 6.07) is 11.3. The van der Waals surface area contributed by atoms with E-state index in [-0.39, 0.29) is 6.03 Å². The third kappa shape index (κ3) is 5.53. The van der Waals surface area contributed by atoms with Gasteiger partial charge in [0.2, 0.25) is 0 Å². The molecule has 2 aromatic rings. The zero-order valence-corrected chi connectivity index (χ0v) is 15.2. The number of amides is 2. The van der Waals surface area contributed by atoms with Gasteiger partial charge in [-0.15, -0.1) is 0 Å². The number of aryl methyl sites for hydroxylation is 1. The number of carbonyl (C=O) groups excluding carboxylic acids is 1. The van der Waals surface area contributed by atoms with Gasteiger partial charge >= 0.3 is 6.03 Å². The molecule has 0 unspecified atom stereocenters. The van der Waals surface area contributed by atoms with Crippen LogP contribution in [0.5, 0.6) is 5.75 Å². The average Bonchev–Trinajstić information content (AvgIpc) is 3.01. The summed E-state index contributed by atoms with van der Waals surface area (Å²) >= 11 is 0. The van der Waals surface area contributed by atoms with E-state index in [1.165, 1.54) is 0 Å². The number of carbonyl (C=O) groups is 1. The van der Waals surface area contributed by atoms with Crippen LogP contribution >= 0.6 is 0 Å². The summed E-state index contributed by atoms with van der Waals surface area (Å²) in [6.45, 7) is 4.24. The number of urea groups is 1. The molecule has 0 spiro atoms. The second-order valence-electron chi connectivity index (χ2n) is 5.74. The van der Waals surface area contributed by atoms with Gasteiger partial charge in [0.05, 0.1) is 18.8 Å². The summed E-state index contributed by atoms with van der Waals surface area (Å²) in [7, 11) is 3.64. The molecular weight excluding hydrogens is 318 g/mol. The maximum absolute atomic E-state index is 12.8. The van der Waals surface area contributed by atoms with Gasteiger partial charge in [0.25, 0.3) is 0 Å². The highest BCUT2D eigenvalue weighted by molar-refractivity contribution is 5.90. The molecule has 0 atom stereocenters. The van der Waals surface area contributed by atoms with Crippen molar-refractivity contribution in [1.29, 1.82) is 0 Å². The van der Waals surface area contributed by atoms with Gasteiger partial charge in [0, 0.05) is 39.2 Å². The number of hydrogen-bond acceptors (Lipinski definition) is 3. The number of hydrogen-bond donors (Lipinski definition) is 1. The monoisotopic (exact) mass is 345 g/mol. The van der Waals surface area contributed by atoms with E-state index < -0.39 is 0 Å². The minimum Gasteiger partial charge on any atom is -0.492 e. The van der Waals surface area contributed by atoms with E-state index in [1.807, 2.05) is 61.1 Å². The van der Waals surface area contributed by atoms with Crippen molar-refractivity contribution in [3.05, 3.63) is 48.3 Å². The van der Waals surface area contributed by atoms with Gasteiger partial charge in [0.15, 0.2) is 0 Å². The first-order valence-corrected chi connectivity index (χ1v) is 8.52.